The molecule has 1 rings (SSSR count). The minimum atomic E-state index is -1.05. The van der Waals surface area contributed by atoms with E-state index in [1.807, 2.05) is 49.4 Å². The van der Waals surface area contributed by atoms with Crippen LogP contribution in [-0.4, -0.2) is 88.5 Å². The van der Waals surface area contributed by atoms with Gasteiger partial charge in [0.05, 0.1) is 19.8 Å². The second-order valence-corrected chi connectivity index (χ2v) is 10.9. The normalized spacial score (nSPS) is 12.8. The quantitative estimate of drug-likeness (QED) is 0.0791. The van der Waals surface area contributed by atoms with Crippen LogP contribution in [0.4, 0.5) is 0 Å². The van der Waals surface area contributed by atoms with E-state index in [1.54, 1.807) is 0 Å². The predicted octanol–water partition coefficient (Wildman–Crippen LogP) is 4.43. The number of esters is 4. The number of unbranched alkanes of at least 4 members (excludes halogenated alkanes) is 2. The van der Waals surface area contributed by atoms with Crippen LogP contribution in [0.15, 0.2) is 42.5 Å². The van der Waals surface area contributed by atoms with E-state index in [0.29, 0.717) is 32.2 Å². The van der Waals surface area contributed by atoms with Crippen LogP contribution in [0.25, 0.3) is 0 Å². The average Bonchev–Trinajstić information content (AvgIpc) is 3.02. The molecule has 0 saturated carbocycles. The van der Waals surface area contributed by atoms with Gasteiger partial charge in [-0.2, -0.15) is 0 Å². The highest BCUT2D eigenvalue weighted by Gasteiger charge is 2.11. The summed E-state index contributed by atoms with van der Waals surface area (Å²) in [5.41, 5.74) is 0.913. The van der Waals surface area contributed by atoms with Gasteiger partial charge in [0, 0.05) is 0 Å². The zero-order valence-electron chi connectivity index (χ0n) is 29.6. The lowest BCUT2D eigenvalue weighted by molar-refractivity contribution is -0.154. The number of allylic oxidation sites excluding steroid dienone is 1. The van der Waals surface area contributed by atoms with E-state index in [4.69, 9.17) is 39.4 Å². The number of aliphatic hydroxyl groups excluding tert-OH is 4. The summed E-state index contributed by atoms with van der Waals surface area (Å²) >= 11 is 0. The van der Waals surface area contributed by atoms with Crippen LogP contribution >= 0.6 is 0 Å². The third kappa shape index (κ3) is 35.4. The van der Waals surface area contributed by atoms with Crippen molar-refractivity contribution in [2.75, 3.05) is 19.8 Å². The molecule has 12 heteroatoms. The van der Waals surface area contributed by atoms with Crippen molar-refractivity contribution in [3.8, 4) is 0 Å². The van der Waals surface area contributed by atoms with Gasteiger partial charge in [-0.05, 0) is 64.9 Å². The lowest BCUT2D eigenvalue weighted by Crippen LogP contribution is -2.20. The largest absolute Gasteiger partial charge is 0.464 e. The van der Waals surface area contributed by atoms with Gasteiger partial charge in [-0.15, -0.1) is 0 Å². The molecule has 0 aliphatic heterocycles. The first kappa shape index (κ1) is 48.1. The van der Waals surface area contributed by atoms with E-state index in [-0.39, 0.29) is 6.61 Å². The van der Waals surface area contributed by atoms with Crippen molar-refractivity contribution in [1.29, 1.82) is 0 Å². The first-order valence-electron chi connectivity index (χ1n) is 16.2. The van der Waals surface area contributed by atoms with Crippen LogP contribution in [-0.2, 0) is 44.7 Å². The number of hydrogen-bond donors (Lipinski definition) is 4. The summed E-state index contributed by atoms with van der Waals surface area (Å²) in [6.45, 7) is 15.2. The van der Waals surface area contributed by atoms with Crippen LogP contribution in [0.1, 0.15) is 99.5 Å². The number of benzene rings is 1. The van der Waals surface area contributed by atoms with E-state index in [9.17, 15) is 19.2 Å². The fourth-order valence-corrected chi connectivity index (χ4v) is 2.64. The maximum absolute atomic E-state index is 10.8. The van der Waals surface area contributed by atoms with Gasteiger partial charge in [0.2, 0.25) is 0 Å². The molecule has 0 aromatic heterocycles. The van der Waals surface area contributed by atoms with Gasteiger partial charge in [-0.1, -0.05) is 83.0 Å². The third-order valence-corrected chi connectivity index (χ3v) is 5.45. The molecular formula is C35H60O12. The highest BCUT2D eigenvalue weighted by molar-refractivity contribution is 5.74. The molecule has 1 aromatic carbocycles. The standard InChI is InChI=1S/C10H12O3.C9H16O3.2C8H16O3/c1-8(11)10(12)13-7-9-5-3-2-4-6-9;1-3-4-5-6-7-12-9(11)8(2)10;1-6(2)4-5-11-8(10)7(3)9;1-3-4-5-6-11-8(10)7(2)9/h2-6,8,11H,7H2,1H3;4-5,8,10H,3,6-7H2,1-2H3;6-7,9H,4-5H2,1-3H3;7,9H,3-6H2,1-2H3/b;5-4-;;. The Morgan fingerprint density at radius 3 is 1.49 bits per heavy atom. The smallest absolute Gasteiger partial charge is 0.334 e. The lowest BCUT2D eigenvalue weighted by Gasteiger charge is -2.07. The second kappa shape index (κ2) is 32.6. The molecule has 4 unspecified atom stereocenters. The van der Waals surface area contributed by atoms with E-state index in [0.717, 1.165) is 37.7 Å². The zero-order chi connectivity index (χ0) is 36.6. The molecule has 4 N–H and O–H groups in total. The van der Waals surface area contributed by atoms with Gasteiger partial charge in [0.1, 0.15) is 31.0 Å². The summed E-state index contributed by atoms with van der Waals surface area (Å²) in [4.78, 5) is 42.8. The van der Waals surface area contributed by atoms with Crippen molar-refractivity contribution in [2.45, 2.75) is 125 Å². The van der Waals surface area contributed by atoms with Crippen LogP contribution < -0.4 is 0 Å². The average molecular weight is 673 g/mol. The molecule has 0 heterocycles. The number of rotatable bonds is 17. The highest BCUT2D eigenvalue weighted by Crippen LogP contribution is 2.02. The summed E-state index contributed by atoms with van der Waals surface area (Å²) in [6, 6.07) is 9.34. The van der Waals surface area contributed by atoms with E-state index < -0.39 is 48.3 Å². The van der Waals surface area contributed by atoms with Crippen LogP contribution in [0.5, 0.6) is 0 Å². The molecule has 0 aliphatic carbocycles. The second-order valence-electron chi connectivity index (χ2n) is 10.9. The van der Waals surface area contributed by atoms with Crippen LogP contribution in [0.3, 0.4) is 0 Å². The molecule has 0 fully saturated rings. The fraction of sp³-hybridized carbons (Fsp3) is 0.657. The molecule has 0 bridgehead atoms. The van der Waals surface area contributed by atoms with E-state index >= 15 is 0 Å². The van der Waals surface area contributed by atoms with Gasteiger partial charge in [-0.3, -0.25) is 0 Å². The Morgan fingerprint density at radius 1 is 0.617 bits per heavy atom. The van der Waals surface area contributed by atoms with Crippen molar-refractivity contribution in [2.24, 2.45) is 5.92 Å². The molecule has 0 spiro atoms. The van der Waals surface area contributed by atoms with Crippen molar-refractivity contribution in [1.82, 2.24) is 0 Å². The van der Waals surface area contributed by atoms with Crippen molar-refractivity contribution >= 4 is 23.9 Å². The van der Waals surface area contributed by atoms with Gasteiger partial charge < -0.3 is 39.4 Å². The Labute approximate surface area is 281 Å². The number of carbonyl (C=O) groups excluding carboxylic acids is 4. The SMILES string of the molecule is CC(C)CCOC(=O)C(C)O.CC(O)C(=O)OCc1ccccc1.CC/C=C\CCOC(=O)C(C)O.CCCCCOC(=O)C(C)O. The van der Waals surface area contributed by atoms with Crippen molar-refractivity contribution < 1.29 is 58.6 Å². The number of carbonyl (C=O) groups is 4. The van der Waals surface area contributed by atoms with Gasteiger partial charge in [-0.25, -0.2) is 19.2 Å². The van der Waals surface area contributed by atoms with E-state index in [1.165, 1.54) is 27.7 Å². The van der Waals surface area contributed by atoms with Gasteiger partial charge >= 0.3 is 23.9 Å². The first-order valence-corrected chi connectivity index (χ1v) is 16.2. The molecule has 47 heavy (non-hydrogen) atoms. The molecular weight excluding hydrogens is 612 g/mol. The zero-order valence-corrected chi connectivity index (χ0v) is 29.6. The molecule has 0 saturated heterocycles. The highest BCUT2D eigenvalue weighted by atomic mass is 16.6. The molecule has 0 radical (unpaired) electrons. The summed E-state index contributed by atoms with van der Waals surface area (Å²) in [5.74, 6) is -1.69. The number of hydrogen-bond acceptors (Lipinski definition) is 12. The lowest BCUT2D eigenvalue weighted by atomic mass is 10.1. The third-order valence-electron chi connectivity index (χ3n) is 5.45. The van der Waals surface area contributed by atoms with Crippen LogP contribution in [0.2, 0.25) is 0 Å². The molecule has 0 amide bonds. The molecule has 272 valence electrons. The minimum Gasteiger partial charge on any atom is -0.464 e. The number of ether oxygens (including phenoxy) is 4. The summed E-state index contributed by atoms with van der Waals surface area (Å²) < 4.78 is 19.0. The van der Waals surface area contributed by atoms with Gasteiger partial charge in [0.15, 0.2) is 0 Å². The van der Waals surface area contributed by atoms with Gasteiger partial charge in [0.25, 0.3) is 0 Å². The Kier molecular flexibility index (Phi) is 33.4. The molecule has 1 aromatic rings. The van der Waals surface area contributed by atoms with Crippen molar-refractivity contribution in [3.05, 3.63) is 48.0 Å². The summed E-state index contributed by atoms with van der Waals surface area (Å²) in [5, 5.41) is 35.0. The maximum atomic E-state index is 10.8. The maximum Gasteiger partial charge on any atom is 0.334 e. The fourth-order valence-electron chi connectivity index (χ4n) is 2.64. The Morgan fingerprint density at radius 2 is 1.06 bits per heavy atom. The van der Waals surface area contributed by atoms with Crippen molar-refractivity contribution in [3.63, 3.8) is 0 Å². The van der Waals surface area contributed by atoms with E-state index in [2.05, 4.69) is 20.8 Å². The first-order chi connectivity index (χ1) is 22.1. The molecule has 12 nitrogen and oxygen atoms in total. The minimum absolute atomic E-state index is 0.213. The Bertz CT molecular complexity index is 941. The molecule has 4 atom stereocenters. The summed E-state index contributed by atoms with van der Waals surface area (Å²) in [7, 11) is 0. The monoisotopic (exact) mass is 672 g/mol. The predicted molar refractivity (Wildman–Crippen MR) is 179 cm³/mol. The number of aliphatic hydroxyl groups is 4. The molecule has 0 aliphatic rings. The summed E-state index contributed by atoms with van der Waals surface area (Å²) in [6.07, 6.45) is 5.51. The topological polar surface area (TPSA) is 186 Å². The Hall–Kier alpha value is -3.32. The van der Waals surface area contributed by atoms with Crippen LogP contribution in [0, 0.1) is 5.92 Å². The Balaban J connectivity index is -0.000000551.